The minimum absolute atomic E-state index is 0.274. The van der Waals surface area contributed by atoms with E-state index in [0.29, 0.717) is 35.7 Å². The standard InChI is InChI=1S/C27H37N5O6S/c1-25(2,3)37-23(34)29-18-15-39-19-11-10-16(14-17(19)28-20(18)33)21-31-32-22(36-21)27(12-8-7-9-13-27)30-24(35)38-26(4,5)6/h10-11,14,18H,7-9,12-13,15H2,1-6H3,(H,28,33)(H,29,34)(H,30,35)/t18-/m0/s1. The second-order valence-electron chi connectivity index (χ2n) is 11.9. The minimum Gasteiger partial charge on any atom is -0.444 e. The third-order valence-electron chi connectivity index (χ3n) is 6.18. The highest BCUT2D eigenvalue weighted by molar-refractivity contribution is 7.99. The molecule has 39 heavy (non-hydrogen) atoms. The topological polar surface area (TPSA) is 145 Å². The van der Waals surface area contributed by atoms with E-state index in [4.69, 9.17) is 13.9 Å². The van der Waals surface area contributed by atoms with Gasteiger partial charge in [0.15, 0.2) is 0 Å². The van der Waals surface area contributed by atoms with E-state index in [1.807, 2.05) is 32.9 Å². The van der Waals surface area contributed by atoms with Gasteiger partial charge in [-0.15, -0.1) is 22.0 Å². The first-order chi connectivity index (χ1) is 18.2. The SMILES string of the molecule is CC(C)(C)OC(=O)N[C@H]1CSc2ccc(-c3nnc(C4(NC(=O)OC(C)(C)C)CCCCC4)o3)cc2NC1=O. The number of hydrogen-bond donors (Lipinski definition) is 3. The Bertz CT molecular complexity index is 1230. The van der Waals surface area contributed by atoms with Crippen molar-refractivity contribution in [3.05, 3.63) is 24.1 Å². The number of amides is 3. The lowest BCUT2D eigenvalue weighted by atomic mass is 9.81. The third kappa shape index (κ3) is 7.43. The van der Waals surface area contributed by atoms with Crippen LogP contribution in [0, 0.1) is 0 Å². The van der Waals surface area contributed by atoms with Crippen LogP contribution in [0.2, 0.25) is 0 Å². The predicted octanol–water partition coefficient (Wildman–Crippen LogP) is 5.36. The van der Waals surface area contributed by atoms with Gasteiger partial charge in [-0.1, -0.05) is 19.3 Å². The van der Waals surface area contributed by atoms with Gasteiger partial charge in [0.05, 0.1) is 5.69 Å². The quantitative estimate of drug-likeness (QED) is 0.451. The predicted molar refractivity (Wildman–Crippen MR) is 146 cm³/mol. The van der Waals surface area contributed by atoms with Crippen molar-refractivity contribution in [1.82, 2.24) is 20.8 Å². The number of carbonyl (C=O) groups excluding carboxylic acids is 3. The van der Waals surface area contributed by atoms with Gasteiger partial charge in [-0.3, -0.25) is 4.79 Å². The van der Waals surface area contributed by atoms with Crippen LogP contribution >= 0.6 is 11.8 Å². The maximum Gasteiger partial charge on any atom is 0.408 e. The molecule has 1 aromatic carbocycles. The molecule has 4 rings (SSSR count). The zero-order valence-corrected chi connectivity index (χ0v) is 24.1. The maximum absolute atomic E-state index is 12.9. The fourth-order valence-electron chi connectivity index (χ4n) is 4.49. The molecule has 1 fully saturated rings. The van der Waals surface area contributed by atoms with Crippen LogP contribution in [0.1, 0.15) is 79.5 Å². The number of hydrogen-bond acceptors (Lipinski definition) is 9. The summed E-state index contributed by atoms with van der Waals surface area (Å²) in [5.41, 5.74) is -0.906. The molecule has 0 saturated heterocycles. The molecular weight excluding hydrogens is 522 g/mol. The Morgan fingerprint density at radius 1 is 1.03 bits per heavy atom. The van der Waals surface area contributed by atoms with Gasteiger partial charge in [0.1, 0.15) is 22.8 Å². The Hall–Kier alpha value is -3.28. The second kappa shape index (κ2) is 11.1. The molecule has 11 nitrogen and oxygen atoms in total. The van der Waals surface area contributed by atoms with E-state index in [0.717, 1.165) is 24.2 Å². The zero-order chi connectivity index (χ0) is 28.4. The van der Waals surface area contributed by atoms with E-state index in [-0.39, 0.29) is 11.8 Å². The number of ether oxygens (including phenoxy) is 2. The smallest absolute Gasteiger partial charge is 0.408 e. The van der Waals surface area contributed by atoms with E-state index in [1.54, 1.807) is 26.8 Å². The van der Waals surface area contributed by atoms with E-state index in [2.05, 4.69) is 26.1 Å². The summed E-state index contributed by atoms with van der Waals surface area (Å²) in [6.45, 7) is 10.7. The Morgan fingerprint density at radius 3 is 2.36 bits per heavy atom. The van der Waals surface area contributed by atoms with Crippen LogP contribution in [-0.2, 0) is 19.8 Å². The first-order valence-corrected chi connectivity index (χ1v) is 14.1. The van der Waals surface area contributed by atoms with Gasteiger partial charge in [-0.25, -0.2) is 9.59 Å². The van der Waals surface area contributed by atoms with Gasteiger partial charge in [-0.2, -0.15) is 0 Å². The van der Waals surface area contributed by atoms with Crippen molar-refractivity contribution in [2.75, 3.05) is 11.1 Å². The summed E-state index contributed by atoms with van der Waals surface area (Å²) >= 11 is 1.44. The van der Waals surface area contributed by atoms with Crippen LogP contribution < -0.4 is 16.0 Å². The third-order valence-corrected chi connectivity index (χ3v) is 7.35. The van der Waals surface area contributed by atoms with Crippen LogP contribution in [0.25, 0.3) is 11.5 Å². The highest BCUT2D eigenvalue weighted by atomic mass is 32.2. The molecule has 2 aromatic rings. The normalized spacial score (nSPS) is 19.2. The first-order valence-electron chi connectivity index (χ1n) is 13.2. The zero-order valence-electron chi connectivity index (χ0n) is 23.3. The largest absolute Gasteiger partial charge is 0.444 e. The summed E-state index contributed by atoms with van der Waals surface area (Å²) in [4.78, 5) is 38.6. The lowest BCUT2D eigenvalue weighted by Gasteiger charge is -2.35. The molecule has 0 unspecified atom stereocenters. The monoisotopic (exact) mass is 559 g/mol. The molecule has 1 aliphatic carbocycles. The van der Waals surface area contributed by atoms with Crippen molar-refractivity contribution >= 4 is 35.5 Å². The lowest BCUT2D eigenvalue weighted by Crippen LogP contribution is -2.49. The summed E-state index contributed by atoms with van der Waals surface area (Å²) < 4.78 is 16.9. The van der Waals surface area contributed by atoms with Crippen molar-refractivity contribution < 1.29 is 28.3 Å². The van der Waals surface area contributed by atoms with E-state index in [9.17, 15) is 14.4 Å². The summed E-state index contributed by atoms with van der Waals surface area (Å²) in [5, 5.41) is 17.1. The molecule has 2 aliphatic rings. The highest BCUT2D eigenvalue weighted by Gasteiger charge is 2.42. The van der Waals surface area contributed by atoms with Crippen molar-refractivity contribution in [3.8, 4) is 11.5 Å². The van der Waals surface area contributed by atoms with Gasteiger partial charge in [0.2, 0.25) is 17.7 Å². The summed E-state index contributed by atoms with van der Waals surface area (Å²) in [7, 11) is 0. The average molecular weight is 560 g/mol. The Morgan fingerprint density at radius 2 is 1.69 bits per heavy atom. The summed E-state index contributed by atoms with van der Waals surface area (Å²) in [6, 6.07) is 4.71. The van der Waals surface area contributed by atoms with E-state index >= 15 is 0 Å². The maximum atomic E-state index is 12.9. The van der Waals surface area contributed by atoms with Gasteiger partial charge in [0, 0.05) is 16.2 Å². The van der Waals surface area contributed by atoms with E-state index in [1.165, 1.54) is 11.8 Å². The van der Waals surface area contributed by atoms with Crippen LogP contribution in [0.3, 0.4) is 0 Å². The minimum atomic E-state index is -0.803. The van der Waals surface area contributed by atoms with Crippen LogP contribution in [0.5, 0.6) is 0 Å². The molecule has 0 bridgehead atoms. The number of nitrogens with zero attached hydrogens (tertiary/aromatic N) is 2. The number of nitrogens with one attached hydrogen (secondary N) is 3. The lowest BCUT2D eigenvalue weighted by molar-refractivity contribution is -0.117. The number of aromatic nitrogens is 2. The highest BCUT2D eigenvalue weighted by Crippen LogP contribution is 2.39. The molecule has 0 spiro atoms. The molecular formula is C27H37N5O6S. The number of anilines is 1. The van der Waals surface area contributed by atoms with Crippen LogP contribution in [0.15, 0.2) is 27.5 Å². The Balaban J connectivity index is 1.51. The molecule has 0 radical (unpaired) electrons. The number of carbonyl (C=O) groups is 3. The van der Waals surface area contributed by atoms with Gasteiger partial charge >= 0.3 is 12.2 Å². The fraction of sp³-hybridized carbons (Fsp3) is 0.593. The molecule has 212 valence electrons. The van der Waals surface area contributed by atoms with Crippen molar-refractivity contribution in [2.24, 2.45) is 0 Å². The molecule has 1 atom stereocenters. The molecule has 3 N–H and O–H groups in total. The molecule has 3 amide bonds. The molecule has 2 heterocycles. The van der Waals surface area contributed by atoms with Crippen molar-refractivity contribution in [2.45, 2.75) is 101 Å². The van der Waals surface area contributed by atoms with Gasteiger partial charge in [-0.05, 0) is 72.6 Å². The van der Waals surface area contributed by atoms with Crippen molar-refractivity contribution in [1.29, 1.82) is 0 Å². The number of rotatable bonds is 4. The number of thioether (sulfide) groups is 1. The number of benzene rings is 1. The van der Waals surface area contributed by atoms with Gasteiger partial charge < -0.3 is 29.8 Å². The summed E-state index contributed by atoms with van der Waals surface area (Å²) in [6.07, 6.45) is 3.04. The van der Waals surface area contributed by atoms with Crippen molar-refractivity contribution in [3.63, 3.8) is 0 Å². The Kier molecular flexibility index (Phi) is 8.15. The molecule has 1 aromatic heterocycles. The van der Waals surface area contributed by atoms with E-state index < -0.39 is 35.0 Å². The van der Waals surface area contributed by atoms with Crippen LogP contribution in [0.4, 0.5) is 15.3 Å². The first kappa shape index (κ1) is 28.7. The summed E-state index contributed by atoms with van der Waals surface area (Å²) in [5.74, 6) is 0.605. The molecule has 12 heteroatoms. The number of alkyl carbamates (subject to hydrolysis) is 2. The second-order valence-corrected chi connectivity index (χ2v) is 13.0. The van der Waals surface area contributed by atoms with Gasteiger partial charge in [0.25, 0.3) is 0 Å². The number of fused-ring (bicyclic) bond motifs is 1. The molecule has 1 aliphatic heterocycles. The van der Waals surface area contributed by atoms with Crippen LogP contribution in [-0.4, -0.2) is 51.3 Å². The fourth-order valence-corrected chi connectivity index (χ4v) is 5.50. The Labute approximate surface area is 232 Å². The molecule has 1 saturated carbocycles. The average Bonchev–Trinajstić information content (AvgIpc) is 3.26.